The van der Waals surface area contributed by atoms with Crippen molar-refractivity contribution >= 4 is 103 Å². The Bertz CT molecular complexity index is 393. The fourth-order valence-electron chi connectivity index (χ4n) is 0.777. The summed E-state index contributed by atoms with van der Waals surface area (Å²) >= 11 is 20.4. The third-order valence-electron chi connectivity index (χ3n) is 2.92. The summed E-state index contributed by atoms with van der Waals surface area (Å²) in [6.07, 6.45) is 0. The number of phosphoric acid groups is 1. The molecule has 0 aliphatic carbocycles. The highest BCUT2D eigenvalue weighted by atomic mass is 79.9. The molecule has 0 rings (SSSR count). The minimum atomic E-state index is -3.89. The molecule has 0 atom stereocenters. The zero-order valence-corrected chi connectivity index (χ0v) is 23.2. The van der Waals surface area contributed by atoms with Gasteiger partial charge in [-0.3, -0.25) is 13.6 Å². The quantitative estimate of drug-likeness (QED) is 0.183. The smallest absolute Gasteiger partial charge is 0.290 e. The largest absolute Gasteiger partial charge is 0.478 e. The predicted octanol–water partition coefficient (Wildman–Crippen LogP) is 7.50. The Labute approximate surface area is 182 Å². The summed E-state index contributed by atoms with van der Waals surface area (Å²) in [6, 6.07) is 0. The summed E-state index contributed by atoms with van der Waals surface area (Å²) in [7, 11) is -2.62. The maximum absolute atomic E-state index is 12.9. The van der Waals surface area contributed by atoms with Crippen LogP contribution in [0, 0.1) is 10.8 Å². The van der Waals surface area contributed by atoms with E-state index in [4.69, 9.17) is 13.6 Å². The van der Waals surface area contributed by atoms with E-state index in [9.17, 15) is 4.57 Å². The first-order chi connectivity index (χ1) is 9.60. The Morgan fingerprint density at radius 3 is 1.27 bits per heavy atom. The molecular formula is C11H19Br6O4P. The highest BCUT2D eigenvalue weighted by Crippen LogP contribution is 2.65. The Kier molecular flexibility index (Phi) is 9.98. The molecule has 0 saturated carbocycles. The second-order valence-electron chi connectivity index (χ2n) is 5.88. The Morgan fingerprint density at radius 2 is 1.09 bits per heavy atom. The normalized spacial score (nSPS) is 15.2. The van der Waals surface area contributed by atoms with E-state index in [0.717, 1.165) is 0 Å². The fraction of sp³-hybridized carbons (Fsp3) is 1.00. The Balaban J connectivity index is 5.45. The molecule has 0 heterocycles. The van der Waals surface area contributed by atoms with Crippen molar-refractivity contribution in [1.29, 1.82) is 0 Å². The van der Waals surface area contributed by atoms with E-state index in [2.05, 4.69) is 95.6 Å². The molecule has 0 aliphatic heterocycles. The van der Waals surface area contributed by atoms with Gasteiger partial charge >= 0.3 is 7.82 Å². The van der Waals surface area contributed by atoms with Gasteiger partial charge in [-0.05, 0) is 63.7 Å². The lowest BCUT2D eigenvalue weighted by atomic mass is 9.98. The van der Waals surface area contributed by atoms with Crippen LogP contribution in [0.1, 0.15) is 27.7 Å². The summed E-state index contributed by atoms with van der Waals surface area (Å²) in [6.45, 7) is 7.68. The number of hydrogen-bond acceptors (Lipinski definition) is 4. The fourth-order valence-corrected chi connectivity index (χ4v) is 7.00. The maximum atomic E-state index is 12.9. The molecule has 0 aromatic rings. The van der Waals surface area contributed by atoms with Crippen LogP contribution in [0.15, 0.2) is 0 Å². The number of halogens is 6. The molecule has 4 nitrogen and oxygen atoms in total. The van der Waals surface area contributed by atoms with E-state index >= 15 is 0 Å². The van der Waals surface area contributed by atoms with Crippen molar-refractivity contribution < 1.29 is 18.1 Å². The average Bonchev–Trinajstić information content (AvgIpc) is 2.36. The van der Waals surface area contributed by atoms with E-state index < -0.39 is 25.5 Å². The van der Waals surface area contributed by atoms with Crippen LogP contribution in [0.3, 0.4) is 0 Å². The van der Waals surface area contributed by atoms with Gasteiger partial charge in [-0.1, -0.05) is 59.6 Å². The van der Waals surface area contributed by atoms with Crippen LogP contribution < -0.4 is 0 Å². The third kappa shape index (κ3) is 6.31. The molecular weight excluding hydrogens is 707 g/mol. The van der Waals surface area contributed by atoms with Crippen LogP contribution in [0.5, 0.6) is 0 Å². The summed E-state index contributed by atoms with van der Waals surface area (Å²) < 4.78 is 27.0. The van der Waals surface area contributed by atoms with E-state index in [0.29, 0.717) is 10.7 Å². The molecule has 0 unspecified atom stereocenters. The predicted molar refractivity (Wildman–Crippen MR) is 113 cm³/mol. The maximum Gasteiger partial charge on any atom is 0.478 e. The SMILES string of the molecule is COP(=O)(OC(Br)(Br)C(C)(C)CBr)OC(Br)(Br)C(C)(C)CBr. The molecule has 0 aromatic carbocycles. The highest BCUT2D eigenvalue weighted by molar-refractivity contribution is 9.25. The van der Waals surface area contributed by atoms with Gasteiger partial charge < -0.3 is 0 Å². The molecule has 0 aromatic heterocycles. The van der Waals surface area contributed by atoms with Crippen LogP contribution in [0.4, 0.5) is 0 Å². The van der Waals surface area contributed by atoms with Gasteiger partial charge in [0, 0.05) is 28.6 Å². The third-order valence-corrected chi connectivity index (χ3v) is 13.1. The van der Waals surface area contributed by atoms with Gasteiger partial charge in [-0.2, -0.15) is 0 Å². The monoisotopic (exact) mass is 720 g/mol. The van der Waals surface area contributed by atoms with Gasteiger partial charge in [0.15, 0.2) is 6.84 Å². The first kappa shape index (κ1) is 25.0. The Hall–Kier alpha value is 2.99. The Morgan fingerprint density at radius 1 is 0.818 bits per heavy atom. The van der Waals surface area contributed by atoms with Crippen molar-refractivity contribution in [2.45, 2.75) is 34.5 Å². The van der Waals surface area contributed by atoms with Gasteiger partial charge in [0.25, 0.3) is 0 Å². The second-order valence-corrected chi connectivity index (χ2v) is 15.2. The van der Waals surface area contributed by atoms with Crippen molar-refractivity contribution in [2.24, 2.45) is 10.8 Å². The number of alkyl halides is 6. The van der Waals surface area contributed by atoms with Crippen LogP contribution >= 0.6 is 103 Å². The molecule has 0 N–H and O–H groups in total. The molecule has 11 heteroatoms. The van der Waals surface area contributed by atoms with Crippen LogP contribution in [-0.2, 0) is 18.1 Å². The van der Waals surface area contributed by atoms with Crippen molar-refractivity contribution in [2.75, 3.05) is 17.8 Å². The molecule has 0 saturated heterocycles. The van der Waals surface area contributed by atoms with Gasteiger partial charge in [0.2, 0.25) is 0 Å². The molecule has 0 fully saturated rings. The lowest BCUT2D eigenvalue weighted by molar-refractivity contribution is 0.0410. The molecule has 0 spiro atoms. The van der Waals surface area contributed by atoms with Crippen LogP contribution in [0.25, 0.3) is 0 Å². The van der Waals surface area contributed by atoms with Crippen molar-refractivity contribution in [3.05, 3.63) is 0 Å². The highest BCUT2D eigenvalue weighted by Gasteiger charge is 2.53. The first-order valence-electron chi connectivity index (χ1n) is 6.04. The van der Waals surface area contributed by atoms with E-state index in [1.165, 1.54) is 7.11 Å². The topological polar surface area (TPSA) is 44.8 Å². The molecule has 0 amide bonds. The molecule has 22 heavy (non-hydrogen) atoms. The molecule has 134 valence electrons. The number of rotatable bonds is 9. The molecule has 0 bridgehead atoms. The van der Waals surface area contributed by atoms with Crippen molar-refractivity contribution in [3.63, 3.8) is 0 Å². The lowest BCUT2D eigenvalue weighted by Crippen LogP contribution is -2.40. The summed E-state index contributed by atoms with van der Waals surface area (Å²) in [5.41, 5.74) is -0.895. The van der Waals surface area contributed by atoms with Gasteiger partial charge in [0.05, 0.1) is 0 Å². The number of phosphoric ester groups is 1. The van der Waals surface area contributed by atoms with Gasteiger partial charge in [-0.15, -0.1) is 0 Å². The summed E-state index contributed by atoms with van der Waals surface area (Å²) in [4.78, 5) is 0. The summed E-state index contributed by atoms with van der Waals surface area (Å²) in [5, 5.41) is 1.17. The van der Waals surface area contributed by atoms with E-state index in [1.54, 1.807) is 0 Å². The van der Waals surface area contributed by atoms with Crippen LogP contribution in [-0.4, -0.2) is 24.6 Å². The van der Waals surface area contributed by atoms with Crippen molar-refractivity contribution in [3.8, 4) is 0 Å². The van der Waals surface area contributed by atoms with Gasteiger partial charge in [0.1, 0.15) is 0 Å². The van der Waals surface area contributed by atoms with Gasteiger partial charge in [-0.25, -0.2) is 4.57 Å². The first-order valence-corrected chi connectivity index (χ1v) is 12.9. The minimum Gasteiger partial charge on any atom is -0.290 e. The average molecular weight is 726 g/mol. The molecule has 0 radical (unpaired) electrons. The van der Waals surface area contributed by atoms with Crippen molar-refractivity contribution in [1.82, 2.24) is 0 Å². The van der Waals surface area contributed by atoms with Crippen LogP contribution in [0.2, 0.25) is 0 Å². The van der Waals surface area contributed by atoms with E-state index in [1.807, 2.05) is 27.7 Å². The zero-order valence-electron chi connectivity index (χ0n) is 12.8. The summed E-state index contributed by atoms with van der Waals surface area (Å²) in [5.74, 6) is 0. The lowest BCUT2D eigenvalue weighted by Gasteiger charge is -2.41. The standard InChI is InChI=1S/C11H19Br6O4P/c1-8(2,6-12)10(14,15)20-22(18,19-5)21-11(16,17)9(3,4)7-13/h6-7H2,1-5H3. The van der Waals surface area contributed by atoms with E-state index in [-0.39, 0.29) is 0 Å². The minimum absolute atomic E-state index is 0.448. The zero-order chi connectivity index (χ0) is 18.0. The number of hydrogen-bond donors (Lipinski definition) is 0. The molecule has 0 aliphatic rings. The second kappa shape index (κ2) is 8.79.